The van der Waals surface area contributed by atoms with Crippen molar-refractivity contribution in [2.24, 2.45) is 0 Å². The van der Waals surface area contributed by atoms with Gasteiger partial charge in [0.15, 0.2) is 0 Å². The van der Waals surface area contributed by atoms with Crippen LogP contribution in [-0.2, 0) is 14.8 Å². The molecule has 0 bridgehead atoms. The van der Waals surface area contributed by atoms with E-state index in [1.807, 2.05) is 0 Å². The molecule has 0 saturated carbocycles. The summed E-state index contributed by atoms with van der Waals surface area (Å²) in [6.45, 7) is 2.42. The number of urea groups is 1. The summed E-state index contributed by atoms with van der Waals surface area (Å²) < 4.78 is 32.8. The normalized spacial score (nSPS) is 16.7. The molecule has 2 aromatic rings. The van der Waals surface area contributed by atoms with Crippen molar-refractivity contribution in [2.75, 3.05) is 24.5 Å². The van der Waals surface area contributed by atoms with Gasteiger partial charge in [-0.05, 0) is 50.2 Å². The van der Waals surface area contributed by atoms with Gasteiger partial charge < -0.3 is 15.2 Å². The molecule has 0 aromatic heterocycles. The lowest BCUT2D eigenvalue weighted by molar-refractivity contribution is -0.131. The number of hydrogen-bond donors (Lipinski definition) is 2. The second-order valence-corrected chi connectivity index (χ2v) is 9.53. The molecule has 166 valence electrons. The Balaban J connectivity index is 1.89. The average Bonchev–Trinajstić information content (AvgIpc) is 2.94. The fraction of sp³-hybridized carbons (Fsp3) is 0.333. The summed E-state index contributed by atoms with van der Waals surface area (Å²) in [5.41, 5.74) is -0.774. The first kappa shape index (κ1) is 22.6. The van der Waals surface area contributed by atoms with E-state index in [1.165, 1.54) is 19.2 Å². The molecule has 3 rings (SSSR count). The maximum absolute atomic E-state index is 13.3. The van der Waals surface area contributed by atoms with Crippen LogP contribution in [0.1, 0.15) is 13.8 Å². The van der Waals surface area contributed by atoms with Crippen molar-refractivity contribution in [3.63, 3.8) is 0 Å². The Morgan fingerprint density at radius 2 is 1.71 bits per heavy atom. The quantitative estimate of drug-likeness (QED) is 0.594. The Labute approximate surface area is 181 Å². The highest BCUT2D eigenvalue weighted by Gasteiger charge is 2.45. The molecule has 1 aliphatic heterocycles. The maximum Gasteiger partial charge on any atom is 0.325 e. The molecule has 9 nitrogen and oxygen atoms in total. The second-order valence-electron chi connectivity index (χ2n) is 7.67. The third-order valence-corrected chi connectivity index (χ3v) is 6.71. The molecule has 31 heavy (non-hydrogen) atoms. The fourth-order valence-electron chi connectivity index (χ4n) is 3.25. The molecule has 3 amide bonds. The van der Waals surface area contributed by atoms with Gasteiger partial charge in [0.1, 0.15) is 11.3 Å². The molecule has 0 unspecified atom stereocenters. The number of imide groups is 1. The molecular weight excluding hydrogens is 422 g/mol. The summed E-state index contributed by atoms with van der Waals surface area (Å²) in [5, 5.41) is 13.2. The van der Waals surface area contributed by atoms with Crippen molar-refractivity contribution >= 4 is 27.6 Å². The highest BCUT2D eigenvalue weighted by atomic mass is 32.2. The molecule has 1 saturated heterocycles. The van der Waals surface area contributed by atoms with Crippen LogP contribution in [-0.4, -0.2) is 62.2 Å². The smallest absolute Gasteiger partial charge is 0.325 e. The van der Waals surface area contributed by atoms with Gasteiger partial charge in [-0.1, -0.05) is 18.2 Å². The lowest BCUT2D eigenvalue weighted by atomic mass is 10.1. The van der Waals surface area contributed by atoms with Crippen molar-refractivity contribution in [1.29, 1.82) is 0 Å². The average molecular weight is 448 g/mol. The second kappa shape index (κ2) is 8.56. The minimum atomic E-state index is -4.02. The summed E-state index contributed by atoms with van der Waals surface area (Å²) in [5.74, 6) is 0.0568. The lowest BCUT2D eigenvalue weighted by Crippen LogP contribution is -2.45. The number of rotatable bonds is 8. The summed E-state index contributed by atoms with van der Waals surface area (Å²) in [6.07, 6.45) is -1.32. The highest BCUT2D eigenvalue weighted by molar-refractivity contribution is 7.92. The van der Waals surface area contributed by atoms with E-state index >= 15 is 0 Å². The number of hydrogen-bond acceptors (Lipinski definition) is 6. The third kappa shape index (κ3) is 4.64. The van der Waals surface area contributed by atoms with E-state index in [0.29, 0.717) is 11.4 Å². The van der Waals surface area contributed by atoms with Gasteiger partial charge in [0.2, 0.25) is 0 Å². The Kier molecular flexibility index (Phi) is 6.23. The Bertz CT molecular complexity index is 1050. The van der Waals surface area contributed by atoms with Gasteiger partial charge in [0, 0.05) is 0 Å². The number of sulfonamides is 1. The zero-order valence-electron chi connectivity index (χ0n) is 17.5. The number of β-amino-alcohol motifs (C(OH)–C–C–N with tert-alkyl or cyclic N) is 1. The van der Waals surface area contributed by atoms with Crippen molar-refractivity contribution in [3.8, 4) is 5.75 Å². The molecule has 10 heteroatoms. The van der Waals surface area contributed by atoms with Gasteiger partial charge in [-0.25, -0.2) is 13.2 Å². The minimum absolute atomic E-state index is 0.0501. The number of amides is 3. The van der Waals surface area contributed by atoms with E-state index in [4.69, 9.17) is 4.74 Å². The van der Waals surface area contributed by atoms with Crippen LogP contribution in [0.25, 0.3) is 0 Å². The van der Waals surface area contributed by atoms with E-state index in [-0.39, 0.29) is 18.0 Å². The number of methoxy groups -OCH3 is 1. The first-order valence-electron chi connectivity index (χ1n) is 9.60. The molecule has 1 heterocycles. The highest BCUT2D eigenvalue weighted by Crippen LogP contribution is 2.26. The van der Waals surface area contributed by atoms with Gasteiger partial charge >= 0.3 is 6.03 Å². The largest absolute Gasteiger partial charge is 0.497 e. The number of anilines is 1. The third-order valence-electron chi connectivity index (χ3n) is 4.91. The number of nitrogens with one attached hydrogen (secondary N) is 1. The maximum atomic E-state index is 13.3. The SMILES string of the molecule is COc1ccc(N(C[C@@H](O)CN2C(=O)NC(C)(C)C2=O)S(=O)(=O)c2ccccc2)cc1. The summed E-state index contributed by atoms with van der Waals surface area (Å²) in [7, 11) is -2.53. The van der Waals surface area contributed by atoms with E-state index in [9.17, 15) is 23.1 Å². The Hall–Kier alpha value is -3.11. The first-order valence-corrected chi connectivity index (χ1v) is 11.0. The molecule has 1 fully saturated rings. The lowest BCUT2D eigenvalue weighted by Gasteiger charge is -2.28. The summed E-state index contributed by atoms with van der Waals surface area (Å²) in [4.78, 5) is 25.5. The van der Waals surface area contributed by atoms with Crippen LogP contribution in [0, 0.1) is 0 Å². The van der Waals surface area contributed by atoms with Crippen LogP contribution >= 0.6 is 0 Å². The van der Waals surface area contributed by atoms with Crippen LogP contribution in [0.3, 0.4) is 0 Å². The van der Waals surface area contributed by atoms with Crippen molar-refractivity contribution in [3.05, 3.63) is 54.6 Å². The zero-order valence-corrected chi connectivity index (χ0v) is 18.3. The Morgan fingerprint density at radius 1 is 1.10 bits per heavy atom. The summed E-state index contributed by atoms with van der Waals surface area (Å²) >= 11 is 0. The first-order chi connectivity index (χ1) is 14.6. The van der Waals surface area contributed by atoms with E-state index in [0.717, 1.165) is 9.21 Å². The van der Waals surface area contributed by atoms with Crippen molar-refractivity contribution in [2.45, 2.75) is 30.4 Å². The van der Waals surface area contributed by atoms with Gasteiger partial charge in [0.25, 0.3) is 15.9 Å². The molecule has 0 aliphatic carbocycles. The zero-order chi connectivity index (χ0) is 22.8. The molecule has 2 aromatic carbocycles. The van der Waals surface area contributed by atoms with Gasteiger partial charge in [-0.3, -0.25) is 14.0 Å². The van der Waals surface area contributed by atoms with Crippen LogP contribution in [0.5, 0.6) is 5.75 Å². The van der Waals surface area contributed by atoms with E-state index < -0.39 is 33.6 Å². The van der Waals surface area contributed by atoms with Gasteiger partial charge in [-0.2, -0.15) is 0 Å². The standard InChI is InChI=1S/C21H25N3O6S/c1-21(2)19(26)23(20(27)22-21)13-16(25)14-24(15-9-11-17(30-3)12-10-15)31(28,29)18-7-5-4-6-8-18/h4-12,16,25H,13-14H2,1-3H3,(H,22,27)/t16-/m0/s1. The van der Waals surface area contributed by atoms with Gasteiger partial charge in [0.05, 0.1) is 36.9 Å². The fourth-order valence-corrected chi connectivity index (χ4v) is 4.78. The molecule has 0 radical (unpaired) electrons. The number of carbonyl (C=O) groups is 2. The van der Waals surface area contributed by atoms with Crippen LogP contribution in [0.2, 0.25) is 0 Å². The summed E-state index contributed by atoms with van der Waals surface area (Å²) in [6, 6.07) is 13.5. The molecule has 2 N–H and O–H groups in total. The van der Waals surface area contributed by atoms with Crippen molar-refractivity contribution < 1.29 is 27.9 Å². The monoisotopic (exact) mass is 447 g/mol. The van der Waals surface area contributed by atoms with E-state index in [2.05, 4.69) is 5.32 Å². The number of benzene rings is 2. The molecular formula is C21H25N3O6S. The van der Waals surface area contributed by atoms with Crippen LogP contribution in [0.4, 0.5) is 10.5 Å². The van der Waals surface area contributed by atoms with Crippen molar-refractivity contribution in [1.82, 2.24) is 10.2 Å². The predicted octanol–water partition coefficient (Wildman–Crippen LogP) is 1.58. The van der Waals surface area contributed by atoms with Gasteiger partial charge in [-0.15, -0.1) is 0 Å². The predicted molar refractivity (Wildman–Crippen MR) is 114 cm³/mol. The number of ether oxygens (including phenoxy) is 1. The van der Waals surface area contributed by atoms with Crippen LogP contribution in [0.15, 0.2) is 59.5 Å². The Morgan fingerprint density at radius 3 is 2.23 bits per heavy atom. The van der Waals surface area contributed by atoms with Crippen LogP contribution < -0.4 is 14.4 Å². The number of aliphatic hydroxyl groups is 1. The number of aliphatic hydroxyl groups excluding tert-OH is 1. The van der Waals surface area contributed by atoms with E-state index in [1.54, 1.807) is 56.3 Å². The minimum Gasteiger partial charge on any atom is -0.497 e. The molecule has 1 atom stereocenters. The molecule has 0 spiro atoms. The number of carbonyl (C=O) groups excluding carboxylic acids is 2. The topological polar surface area (TPSA) is 116 Å². The number of nitrogens with zero attached hydrogens (tertiary/aromatic N) is 2. The molecule has 1 aliphatic rings.